The van der Waals surface area contributed by atoms with Gasteiger partial charge >= 0.3 is 0 Å². The first kappa shape index (κ1) is 10.5. The maximum atomic E-state index is 11.2. The number of nitrogens with zero attached hydrogens (tertiary/aromatic N) is 1. The minimum atomic E-state index is -0.207. The highest BCUT2D eigenvalue weighted by molar-refractivity contribution is 6.30. The third-order valence-electron chi connectivity index (χ3n) is 2.19. The van der Waals surface area contributed by atoms with Crippen LogP contribution in [-0.2, 0) is 0 Å². The van der Waals surface area contributed by atoms with E-state index in [1.165, 1.54) is 6.07 Å². The topological polar surface area (TPSA) is 56.6 Å². The summed E-state index contributed by atoms with van der Waals surface area (Å²) in [4.78, 5) is 13.7. The van der Waals surface area contributed by atoms with Gasteiger partial charge in [-0.3, -0.25) is 4.79 Å². The van der Waals surface area contributed by atoms with Crippen molar-refractivity contribution in [1.82, 2.24) is 4.98 Å². The van der Waals surface area contributed by atoms with Crippen molar-refractivity contribution in [2.75, 3.05) is 0 Å². The van der Waals surface area contributed by atoms with Crippen molar-refractivity contribution >= 4 is 11.6 Å². The second-order valence-electron chi connectivity index (χ2n) is 3.24. The standard InChI is InChI=1S/C12H7ClN2O/c13-10-2-1-9(7-14)11(6-10)8-3-4-15-12(16)5-8/h1-6H,(H,15,16). The van der Waals surface area contributed by atoms with Crippen LogP contribution in [0.15, 0.2) is 41.3 Å². The lowest BCUT2D eigenvalue weighted by molar-refractivity contribution is 1.24. The van der Waals surface area contributed by atoms with Gasteiger partial charge in [-0.1, -0.05) is 11.6 Å². The van der Waals surface area contributed by atoms with Crippen molar-refractivity contribution in [3.05, 3.63) is 57.5 Å². The molecule has 16 heavy (non-hydrogen) atoms. The summed E-state index contributed by atoms with van der Waals surface area (Å²) in [5, 5.41) is 9.50. The van der Waals surface area contributed by atoms with Crippen molar-refractivity contribution < 1.29 is 0 Å². The lowest BCUT2D eigenvalue weighted by Gasteiger charge is -2.03. The van der Waals surface area contributed by atoms with E-state index in [1.807, 2.05) is 0 Å². The molecule has 1 heterocycles. The Bertz CT molecular complexity index is 625. The summed E-state index contributed by atoms with van der Waals surface area (Å²) in [7, 11) is 0. The van der Waals surface area contributed by atoms with Crippen LogP contribution in [0.2, 0.25) is 5.02 Å². The SMILES string of the molecule is N#Cc1ccc(Cl)cc1-c1cc[nH]c(=O)c1. The third-order valence-corrected chi connectivity index (χ3v) is 2.42. The molecular formula is C12H7ClN2O. The summed E-state index contributed by atoms with van der Waals surface area (Å²) in [6, 6.07) is 10.2. The Morgan fingerprint density at radius 3 is 2.75 bits per heavy atom. The number of aromatic amines is 1. The van der Waals surface area contributed by atoms with E-state index in [1.54, 1.807) is 30.5 Å². The first-order valence-corrected chi connectivity index (χ1v) is 4.97. The Kier molecular flexibility index (Phi) is 2.76. The lowest BCUT2D eigenvalue weighted by atomic mass is 10.0. The van der Waals surface area contributed by atoms with Gasteiger partial charge in [0.05, 0.1) is 11.6 Å². The number of aromatic nitrogens is 1. The number of hydrogen-bond acceptors (Lipinski definition) is 2. The van der Waals surface area contributed by atoms with E-state index in [0.29, 0.717) is 21.7 Å². The number of hydrogen-bond donors (Lipinski definition) is 1. The number of nitriles is 1. The molecule has 0 fully saturated rings. The van der Waals surface area contributed by atoms with Gasteiger partial charge in [0.1, 0.15) is 0 Å². The van der Waals surface area contributed by atoms with Gasteiger partial charge in [0, 0.05) is 22.8 Å². The molecule has 0 bridgehead atoms. The molecular weight excluding hydrogens is 224 g/mol. The Hall–Kier alpha value is -2.05. The van der Waals surface area contributed by atoms with Crippen LogP contribution in [0.1, 0.15) is 5.56 Å². The summed E-state index contributed by atoms with van der Waals surface area (Å²) in [5.74, 6) is 0. The monoisotopic (exact) mass is 230 g/mol. The van der Waals surface area contributed by atoms with Crippen LogP contribution in [0, 0.1) is 11.3 Å². The van der Waals surface area contributed by atoms with Crippen LogP contribution in [0.25, 0.3) is 11.1 Å². The first-order valence-electron chi connectivity index (χ1n) is 4.59. The molecule has 0 saturated heterocycles. The summed E-state index contributed by atoms with van der Waals surface area (Å²) in [5.41, 5.74) is 1.64. The molecule has 0 radical (unpaired) electrons. The molecule has 1 N–H and O–H groups in total. The second-order valence-corrected chi connectivity index (χ2v) is 3.68. The van der Waals surface area contributed by atoms with E-state index < -0.39 is 0 Å². The molecule has 4 heteroatoms. The zero-order chi connectivity index (χ0) is 11.5. The van der Waals surface area contributed by atoms with Gasteiger partial charge < -0.3 is 4.98 Å². The lowest BCUT2D eigenvalue weighted by Crippen LogP contribution is -2.02. The Balaban J connectivity index is 2.68. The predicted octanol–water partition coefficient (Wildman–Crippen LogP) is 2.57. The third kappa shape index (κ3) is 1.97. The molecule has 1 aromatic carbocycles. The molecule has 0 atom stereocenters. The van der Waals surface area contributed by atoms with Gasteiger partial charge in [-0.15, -0.1) is 0 Å². The van der Waals surface area contributed by atoms with Crippen molar-refractivity contribution in [3.8, 4) is 17.2 Å². The van der Waals surface area contributed by atoms with Gasteiger partial charge in [0.15, 0.2) is 0 Å². The molecule has 3 nitrogen and oxygen atoms in total. The minimum absolute atomic E-state index is 0.207. The zero-order valence-electron chi connectivity index (χ0n) is 8.20. The van der Waals surface area contributed by atoms with E-state index in [-0.39, 0.29) is 5.56 Å². The number of nitrogens with one attached hydrogen (secondary N) is 1. The van der Waals surface area contributed by atoms with Gasteiger partial charge in [0.2, 0.25) is 5.56 Å². The maximum Gasteiger partial charge on any atom is 0.248 e. The van der Waals surface area contributed by atoms with Crippen molar-refractivity contribution in [1.29, 1.82) is 5.26 Å². The van der Waals surface area contributed by atoms with E-state index in [2.05, 4.69) is 11.1 Å². The maximum absolute atomic E-state index is 11.2. The van der Waals surface area contributed by atoms with Crippen molar-refractivity contribution in [2.45, 2.75) is 0 Å². The Labute approximate surface area is 96.9 Å². The Morgan fingerprint density at radius 1 is 1.25 bits per heavy atom. The van der Waals surface area contributed by atoms with Crippen LogP contribution in [-0.4, -0.2) is 4.98 Å². The van der Waals surface area contributed by atoms with Gasteiger partial charge in [-0.2, -0.15) is 5.26 Å². The smallest absolute Gasteiger partial charge is 0.248 e. The molecule has 1 aromatic heterocycles. The van der Waals surface area contributed by atoms with Crippen LogP contribution in [0.5, 0.6) is 0 Å². The minimum Gasteiger partial charge on any atom is -0.329 e. The van der Waals surface area contributed by atoms with E-state index >= 15 is 0 Å². The fourth-order valence-corrected chi connectivity index (χ4v) is 1.64. The van der Waals surface area contributed by atoms with Crippen molar-refractivity contribution in [2.24, 2.45) is 0 Å². The normalized spacial score (nSPS) is 9.75. The average molecular weight is 231 g/mol. The molecule has 0 unspecified atom stereocenters. The highest BCUT2D eigenvalue weighted by atomic mass is 35.5. The number of benzene rings is 1. The van der Waals surface area contributed by atoms with Crippen LogP contribution < -0.4 is 5.56 Å². The van der Waals surface area contributed by atoms with Crippen LogP contribution >= 0.6 is 11.6 Å². The molecule has 2 aromatic rings. The van der Waals surface area contributed by atoms with Gasteiger partial charge in [-0.05, 0) is 29.8 Å². The first-order chi connectivity index (χ1) is 7.70. The molecule has 0 saturated carbocycles. The van der Waals surface area contributed by atoms with Crippen molar-refractivity contribution in [3.63, 3.8) is 0 Å². The summed E-state index contributed by atoms with van der Waals surface area (Å²) >= 11 is 5.87. The van der Waals surface area contributed by atoms with E-state index in [4.69, 9.17) is 16.9 Å². The second kappa shape index (κ2) is 4.21. The summed E-state index contributed by atoms with van der Waals surface area (Å²) < 4.78 is 0. The number of pyridine rings is 1. The fourth-order valence-electron chi connectivity index (χ4n) is 1.46. The molecule has 0 aliphatic rings. The molecule has 78 valence electrons. The highest BCUT2D eigenvalue weighted by Gasteiger charge is 2.05. The zero-order valence-corrected chi connectivity index (χ0v) is 8.95. The molecule has 0 amide bonds. The number of halogens is 1. The quantitative estimate of drug-likeness (QED) is 0.819. The number of rotatable bonds is 1. The Morgan fingerprint density at radius 2 is 2.06 bits per heavy atom. The summed E-state index contributed by atoms with van der Waals surface area (Å²) in [6.07, 6.45) is 1.54. The van der Waals surface area contributed by atoms with Crippen LogP contribution in [0.3, 0.4) is 0 Å². The van der Waals surface area contributed by atoms with Gasteiger partial charge in [0.25, 0.3) is 0 Å². The number of H-pyrrole nitrogens is 1. The fraction of sp³-hybridized carbons (Fsp3) is 0. The summed E-state index contributed by atoms with van der Waals surface area (Å²) in [6.45, 7) is 0. The van der Waals surface area contributed by atoms with Crippen LogP contribution in [0.4, 0.5) is 0 Å². The highest BCUT2D eigenvalue weighted by Crippen LogP contribution is 2.25. The average Bonchev–Trinajstić information content (AvgIpc) is 2.29. The predicted molar refractivity (Wildman–Crippen MR) is 62.2 cm³/mol. The van der Waals surface area contributed by atoms with Gasteiger partial charge in [-0.25, -0.2) is 0 Å². The largest absolute Gasteiger partial charge is 0.329 e. The van der Waals surface area contributed by atoms with E-state index in [0.717, 1.165) is 0 Å². The molecule has 0 aliphatic carbocycles. The molecule has 2 rings (SSSR count). The molecule has 0 aliphatic heterocycles. The van der Waals surface area contributed by atoms with E-state index in [9.17, 15) is 4.79 Å². The molecule has 0 spiro atoms.